The first-order chi connectivity index (χ1) is 8.99. The summed E-state index contributed by atoms with van der Waals surface area (Å²) in [6.07, 6.45) is 2.91. The quantitative estimate of drug-likeness (QED) is 0.272. The molecule has 7 heteroatoms. The van der Waals surface area contributed by atoms with E-state index in [0.29, 0.717) is 13.0 Å². The maximum absolute atomic E-state index is 11.9. The first-order valence-corrected chi connectivity index (χ1v) is 6.98. The van der Waals surface area contributed by atoms with E-state index in [1.54, 1.807) is 0 Å². The molecule has 1 saturated heterocycles. The van der Waals surface area contributed by atoms with Crippen molar-refractivity contribution in [3.8, 4) is 0 Å². The van der Waals surface area contributed by atoms with Crippen LogP contribution in [0, 0.1) is 0 Å². The van der Waals surface area contributed by atoms with Crippen LogP contribution in [-0.4, -0.2) is 55.9 Å². The average molecular weight is 272 g/mol. The van der Waals surface area contributed by atoms with Crippen molar-refractivity contribution in [2.24, 2.45) is 17.2 Å². The third-order valence-electron chi connectivity index (χ3n) is 3.47. The zero-order valence-electron chi connectivity index (χ0n) is 11.8. The molecular formula is C12H28N6O. The van der Waals surface area contributed by atoms with Gasteiger partial charge in [0.05, 0.1) is 6.04 Å². The number of carbonyl (C=O) groups is 1. The normalized spacial score (nSPS) is 19.6. The smallest absolute Gasteiger partial charge is 0.237 e. The molecular weight excluding hydrogens is 244 g/mol. The number of nitrogens with one attached hydrogen (secondary N) is 2. The lowest BCUT2D eigenvalue weighted by Gasteiger charge is -2.30. The highest BCUT2D eigenvalue weighted by Crippen LogP contribution is 2.08. The molecule has 0 aromatic rings. The van der Waals surface area contributed by atoms with Gasteiger partial charge < -0.3 is 27.4 Å². The van der Waals surface area contributed by atoms with E-state index in [0.717, 1.165) is 32.4 Å². The minimum absolute atomic E-state index is 0.0494. The summed E-state index contributed by atoms with van der Waals surface area (Å²) >= 11 is 0. The number of carbonyl (C=O) groups excluding carboxylic acids is 1. The maximum atomic E-state index is 11.9. The van der Waals surface area contributed by atoms with Gasteiger partial charge in [-0.1, -0.05) is 0 Å². The van der Waals surface area contributed by atoms with E-state index < -0.39 is 12.3 Å². The largest absolute Gasteiger partial charge is 0.352 e. The molecule has 1 amide bonds. The Labute approximate surface area is 115 Å². The van der Waals surface area contributed by atoms with Gasteiger partial charge >= 0.3 is 0 Å². The van der Waals surface area contributed by atoms with Gasteiger partial charge in [0.1, 0.15) is 6.29 Å². The van der Waals surface area contributed by atoms with E-state index in [1.807, 2.05) is 0 Å². The van der Waals surface area contributed by atoms with Gasteiger partial charge in [-0.15, -0.1) is 0 Å². The van der Waals surface area contributed by atoms with Gasteiger partial charge in [-0.25, -0.2) is 0 Å². The molecule has 0 saturated carbocycles. The van der Waals surface area contributed by atoms with E-state index in [1.165, 1.54) is 0 Å². The van der Waals surface area contributed by atoms with Crippen molar-refractivity contribution in [3.63, 3.8) is 0 Å². The van der Waals surface area contributed by atoms with Crippen LogP contribution in [0.25, 0.3) is 0 Å². The Morgan fingerprint density at radius 2 is 1.95 bits per heavy atom. The molecule has 1 rings (SSSR count). The van der Waals surface area contributed by atoms with Crippen molar-refractivity contribution in [1.29, 1.82) is 0 Å². The van der Waals surface area contributed by atoms with Crippen LogP contribution in [0.3, 0.4) is 0 Å². The Balaban J connectivity index is 2.14. The Hall–Kier alpha value is -0.730. The van der Waals surface area contributed by atoms with Crippen molar-refractivity contribution in [3.05, 3.63) is 0 Å². The van der Waals surface area contributed by atoms with Gasteiger partial charge in [0.25, 0.3) is 0 Å². The third kappa shape index (κ3) is 6.84. The minimum atomic E-state index is -0.510. The fourth-order valence-electron chi connectivity index (χ4n) is 2.18. The van der Waals surface area contributed by atoms with Crippen LogP contribution in [0.4, 0.5) is 0 Å². The number of likely N-dealkylation sites (tertiary alicyclic amines) is 1. The number of amides is 1. The number of rotatable bonds is 7. The Bertz CT molecular complexity index is 265. The van der Waals surface area contributed by atoms with Crippen molar-refractivity contribution in [2.45, 2.75) is 44.1 Å². The maximum Gasteiger partial charge on any atom is 0.237 e. The van der Waals surface area contributed by atoms with E-state index in [4.69, 9.17) is 17.2 Å². The number of nitrogens with zero attached hydrogens (tertiary/aromatic N) is 1. The van der Waals surface area contributed by atoms with E-state index >= 15 is 0 Å². The lowest BCUT2D eigenvalue weighted by molar-refractivity contribution is -0.123. The van der Waals surface area contributed by atoms with Gasteiger partial charge in [0, 0.05) is 6.04 Å². The lowest BCUT2D eigenvalue weighted by Crippen LogP contribution is -2.49. The van der Waals surface area contributed by atoms with E-state index in [-0.39, 0.29) is 11.9 Å². The van der Waals surface area contributed by atoms with Crippen molar-refractivity contribution >= 4 is 5.91 Å². The predicted molar refractivity (Wildman–Crippen MR) is 76.0 cm³/mol. The molecule has 0 aromatic carbocycles. The molecule has 7 nitrogen and oxygen atoms in total. The Morgan fingerprint density at radius 1 is 1.32 bits per heavy atom. The fraction of sp³-hybridized carbons (Fsp3) is 0.917. The van der Waals surface area contributed by atoms with Gasteiger partial charge in [-0.05, 0) is 52.4 Å². The summed E-state index contributed by atoms with van der Waals surface area (Å²) in [5.74, 6) is -0.0494. The second-order valence-electron chi connectivity index (χ2n) is 5.31. The van der Waals surface area contributed by atoms with Gasteiger partial charge in [0.2, 0.25) is 5.91 Å². The molecule has 0 bridgehead atoms. The second-order valence-corrected chi connectivity index (χ2v) is 5.31. The summed E-state index contributed by atoms with van der Waals surface area (Å²) < 4.78 is 0. The molecule has 0 radical (unpaired) electrons. The molecule has 0 unspecified atom stereocenters. The highest BCUT2D eigenvalue weighted by molar-refractivity contribution is 5.81. The molecule has 0 aromatic heterocycles. The van der Waals surface area contributed by atoms with Crippen LogP contribution in [0.5, 0.6) is 0 Å². The van der Waals surface area contributed by atoms with Crippen LogP contribution in [0.2, 0.25) is 0 Å². The first-order valence-electron chi connectivity index (χ1n) is 6.98. The summed E-state index contributed by atoms with van der Waals surface area (Å²) in [4.78, 5) is 14.2. The predicted octanol–water partition coefficient (Wildman–Crippen LogP) is -1.91. The molecule has 1 heterocycles. The average Bonchev–Trinajstić information content (AvgIpc) is 2.36. The van der Waals surface area contributed by atoms with Gasteiger partial charge in [-0.2, -0.15) is 0 Å². The summed E-state index contributed by atoms with van der Waals surface area (Å²) in [6.45, 7) is 2.73. The molecule has 0 spiro atoms. The Morgan fingerprint density at radius 3 is 2.53 bits per heavy atom. The lowest BCUT2D eigenvalue weighted by atomic mass is 10.0. The van der Waals surface area contributed by atoms with Crippen LogP contribution in [0.1, 0.15) is 25.7 Å². The van der Waals surface area contributed by atoms with E-state index in [2.05, 4.69) is 22.6 Å². The van der Waals surface area contributed by atoms with Crippen LogP contribution in [-0.2, 0) is 4.79 Å². The van der Waals surface area contributed by atoms with Crippen molar-refractivity contribution in [1.82, 2.24) is 15.5 Å². The molecule has 1 atom stereocenters. The van der Waals surface area contributed by atoms with Crippen LogP contribution in [0.15, 0.2) is 0 Å². The summed E-state index contributed by atoms with van der Waals surface area (Å²) in [6, 6.07) is -0.180. The number of hydrogen-bond donors (Lipinski definition) is 5. The molecule has 1 aliphatic rings. The molecule has 0 aliphatic carbocycles. The minimum Gasteiger partial charge on any atom is -0.352 e. The van der Waals surface area contributed by atoms with Gasteiger partial charge in [0.15, 0.2) is 0 Å². The molecule has 19 heavy (non-hydrogen) atoms. The second kappa shape index (κ2) is 8.44. The SMILES string of the molecule is CN1CCC(NC(=O)[C@@H](N)CCCNC(N)N)CC1. The van der Waals surface area contributed by atoms with Gasteiger partial charge in [-0.3, -0.25) is 10.1 Å². The summed E-state index contributed by atoms with van der Waals surface area (Å²) in [5.41, 5.74) is 16.6. The highest BCUT2D eigenvalue weighted by Gasteiger charge is 2.21. The third-order valence-corrected chi connectivity index (χ3v) is 3.47. The standard InChI is InChI=1S/C12H28N6O/c1-18-7-4-9(5-8-18)17-11(19)10(13)3-2-6-16-12(14)15/h9-10,12,16H,2-8,13-15H2,1H3,(H,17,19)/t10-/m0/s1. The van der Waals surface area contributed by atoms with Crippen molar-refractivity contribution in [2.75, 3.05) is 26.7 Å². The molecule has 1 aliphatic heterocycles. The highest BCUT2D eigenvalue weighted by atomic mass is 16.2. The monoisotopic (exact) mass is 272 g/mol. The summed E-state index contributed by atoms with van der Waals surface area (Å²) in [7, 11) is 2.10. The first kappa shape index (κ1) is 16.3. The van der Waals surface area contributed by atoms with Crippen LogP contribution >= 0.6 is 0 Å². The van der Waals surface area contributed by atoms with Crippen LogP contribution < -0.4 is 27.8 Å². The zero-order valence-corrected chi connectivity index (χ0v) is 11.8. The molecule has 1 fully saturated rings. The fourth-order valence-corrected chi connectivity index (χ4v) is 2.18. The molecule has 112 valence electrons. The number of hydrogen-bond acceptors (Lipinski definition) is 6. The number of piperidine rings is 1. The van der Waals surface area contributed by atoms with Crippen molar-refractivity contribution < 1.29 is 4.79 Å². The summed E-state index contributed by atoms with van der Waals surface area (Å²) in [5, 5.41) is 5.92. The molecule has 8 N–H and O–H groups in total. The topological polar surface area (TPSA) is 122 Å². The van der Waals surface area contributed by atoms with E-state index in [9.17, 15) is 4.79 Å². The Kier molecular flexibility index (Phi) is 7.25. The zero-order chi connectivity index (χ0) is 14.3. The number of nitrogens with two attached hydrogens (primary N) is 3.